The Labute approximate surface area is 179 Å². The van der Waals surface area contributed by atoms with E-state index in [0.29, 0.717) is 18.9 Å². The van der Waals surface area contributed by atoms with Crippen LogP contribution in [-0.4, -0.2) is 50.3 Å². The van der Waals surface area contributed by atoms with E-state index in [9.17, 15) is 9.59 Å². The Bertz CT molecular complexity index is 1020. The van der Waals surface area contributed by atoms with Gasteiger partial charge in [-0.25, -0.2) is 4.98 Å². The summed E-state index contributed by atoms with van der Waals surface area (Å²) in [6.07, 6.45) is 0.106. The number of benzene rings is 2. The Morgan fingerprint density at radius 3 is 2.83 bits per heavy atom. The highest BCUT2D eigenvalue weighted by Gasteiger charge is 2.12. The quantitative estimate of drug-likeness (QED) is 0.394. The maximum absolute atomic E-state index is 12.0. The van der Waals surface area contributed by atoms with Crippen LogP contribution in [0.4, 0.5) is 0 Å². The van der Waals surface area contributed by atoms with Gasteiger partial charge in [0, 0.05) is 23.4 Å². The third-order valence-electron chi connectivity index (χ3n) is 4.26. The molecule has 0 radical (unpaired) electrons. The summed E-state index contributed by atoms with van der Waals surface area (Å²) in [4.78, 5) is 27.9. The Balaban J connectivity index is 1.70. The van der Waals surface area contributed by atoms with Gasteiger partial charge in [0.1, 0.15) is 23.9 Å². The summed E-state index contributed by atoms with van der Waals surface area (Å²) in [5.41, 5.74) is 1.61. The van der Waals surface area contributed by atoms with E-state index in [2.05, 4.69) is 10.3 Å². The highest BCUT2D eigenvalue weighted by atomic mass is 32.1. The summed E-state index contributed by atoms with van der Waals surface area (Å²) < 4.78 is 15.7. The highest BCUT2D eigenvalue weighted by Crippen LogP contribution is 2.32. The molecule has 30 heavy (non-hydrogen) atoms. The van der Waals surface area contributed by atoms with Crippen LogP contribution >= 0.6 is 11.3 Å². The van der Waals surface area contributed by atoms with E-state index in [-0.39, 0.29) is 25.5 Å². The van der Waals surface area contributed by atoms with Gasteiger partial charge in [-0.1, -0.05) is 24.3 Å². The molecule has 1 heterocycles. The smallest absolute Gasteiger partial charge is 0.325 e. The lowest BCUT2D eigenvalue weighted by Crippen LogP contribution is -2.31. The van der Waals surface area contributed by atoms with Gasteiger partial charge in [0.2, 0.25) is 5.91 Å². The molecule has 1 amide bonds. The van der Waals surface area contributed by atoms with Crippen molar-refractivity contribution in [1.29, 1.82) is 0 Å². The molecule has 1 aromatic heterocycles. The summed E-state index contributed by atoms with van der Waals surface area (Å²) in [5, 5.41) is 7.28. The molecule has 3 aromatic rings. The maximum Gasteiger partial charge on any atom is 0.325 e. The van der Waals surface area contributed by atoms with Crippen molar-refractivity contribution in [1.82, 2.24) is 10.3 Å². The van der Waals surface area contributed by atoms with Crippen molar-refractivity contribution in [3.63, 3.8) is 0 Å². The number of methoxy groups -OCH3 is 1. The van der Waals surface area contributed by atoms with Gasteiger partial charge in [0.15, 0.2) is 0 Å². The number of fused-ring (bicyclic) bond motifs is 1. The maximum atomic E-state index is 12.0. The molecule has 0 saturated carbocycles. The van der Waals surface area contributed by atoms with Crippen LogP contribution in [-0.2, 0) is 25.5 Å². The second-order valence-corrected chi connectivity index (χ2v) is 7.29. The first-order chi connectivity index (χ1) is 14.6. The zero-order valence-electron chi connectivity index (χ0n) is 17.0. The lowest BCUT2D eigenvalue weighted by Gasteiger charge is -2.10. The summed E-state index contributed by atoms with van der Waals surface area (Å²) in [5.74, 6) is 0.0678. The number of carbonyl (C=O) groups is 2. The van der Waals surface area contributed by atoms with Crippen LogP contribution < -0.4 is 10.1 Å². The summed E-state index contributed by atoms with van der Waals surface area (Å²) in [6.45, 7) is 2.86. The molecule has 158 valence electrons. The van der Waals surface area contributed by atoms with Crippen molar-refractivity contribution in [3.8, 4) is 16.3 Å². The molecule has 0 bridgehead atoms. The van der Waals surface area contributed by atoms with Crippen molar-refractivity contribution in [2.45, 2.75) is 13.3 Å². The minimum atomic E-state index is -0.454. The number of rotatable bonds is 10. The van der Waals surface area contributed by atoms with Crippen LogP contribution in [0.3, 0.4) is 0 Å². The molecule has 0 unspecified atom stereocenters. The van der Waals surface area contributed by atoms with Crippen molar-refractivity contribution >= 4 is 34.0 Å². The van der Waals surface area contributed by atoms with Crippen molar-refractivity contribution < 1.29 is 23.8 Å². The number of amides is 1. The minimum absolute atomic E-state index is 0.106. The van der Waals surface area contributed by atoms with Crippen molar-refractivity contribution in [3.05, 3.63) is 47.5 Å². The van der Waals surface area contributed by atoms with Gasteiger partial charge in [-0.3, -0.25) is 9.59 Å². The van der Waals surface area contributed by atoms with Gasteiger partial charge >= 0.3 is 5.97 Å². The topological polar surface area (TPSA) is 86.8 Å². The van der Waals surface area contributed by atoms with Crippen molar-refractivity contribution in [2.75, 3.05) is 33.5 Å². The third-order valence-corrected chi connectivity index (χ3v) is 5.20. The average Bonchev–Trinajstić information content (AvgIpc) is 3.21. The van der Waals surface area contributed by atoms with E-state index >= 15 is 0 Å². The molecule has 2 aromatic carbocycles. The molecule has 0 aliphatic carbocycles. The number of esters is 1. The number of hydrogen-bond acceptors (Lipinski definition) is 7. The number of nitrogens with zero attached hydrogens (tertiary/aromatic N) is 1. The molecule has 0 atom stereocenters. The first kappa shape index (κ1) is 21.7. The van der Waals surface area contributed by atoms with Crippen LogP contribution in [0.1, 0.15) is 12.6 Å². The van der Waals surface area contributed by atoms with E-state index in [0.717, 1.165) is 27.1 Å². The van der Waals surface area contributed by atoms with E-state index < -0.39 is 5.97 Å². The van der Waals surface area contributed by atoms with Crippen LogP contribution in [0.5, 0.6) is 5.75 Å². The summed E-state index contributed by atoms with van der Waals surface area (Å²) in [6, 6.07) is 12.0. The van der Waals surface area contributed by atoms with E-state index in [1.54, 1.807) is 14.0 Å². The fourth-order valence-electron chi connectivity index (χ4n) is 2.87. The van der Waals surface area contributed by atoms with E-state index in [1.807, 2.05) is 41.8 Å². The predicted octanol–water partition coefficient (Wildman–Crippen LogP) is 3.21. The minimum Gasteiger partial charge on any atom is -0.491 e. The first-order valence-corrected chi connectivity index (χ1v) is 10.5. The summed E-state index contributed by atoms with van der Waals surface area (Å²) in [7, 11) is 1.64. The molecule has 1 N–H and O–H groups in total. The molecule has 3 rings (SSSR count). The molecule has 7 nitrogen and oxygen atoms in total. The average molecular weight is 429 g/mol. The zero-order chi connectivity index (χ0) is 21.3. The van der Waals surface area contributed by atoms with Gasteiger partial charge in [0.05, 0.1) is 25.3 Å². The zero-order valence-corrected chi connectivity index (χ0v) is 17.8. The van der Waals surface area contributed by atoms with Gasteiger partial charge in [-0.2, -0.15) is 0 Å². The van der Waals surface area contributed by atoms with Gasteiger partial charge < -0.3 is 19.5 Å². The van der Waals surface area contributed by atoms with E-state index in [1.165, 1.54) is 11.3 Å². The molecular weight excluding hydrogens is 404 g/mol. The highest BCUT2D eigenvalue weighted by molar-refractivity contribution is 7.13. The Hall–Kier alpha value is -2.97. The second-order valence-electron chi connectivity index (χ2n) is 6.44. The first-order valence-electron chi connectivity index (χ1n) is 9.62. The Morgan fingerprint density at radius 2 is 2.03 bits per heavy atom. The molecular formula is C22H24N2O5S. The number of thiazole rings is 1. The lowest BCUT2D eigenvalue weighted by molar-refractivity contribution is -0.143. The SMILES string of the molecule is CCOC(=O)CNC(=O)Cc1csc(-c2ccc3cccc(OCCOC)c3c2)n1. The van der Waals surface area contributed by atoms with Crippen molar-refractivity contribution in [2.24, 2.45) is 0 Å². The number of hydrogen-bond donors (Lipinski definition) is 1. The van der Waals surface area contributed by atoms with Gasteiger partial charge in [0.25, 0.3) is 0 Å². The van der Waals surface area contributed by atoms with Crippen LogP contribution in [0, 0.1) is 0 Å². The molecule has 0 aliphatic rings. The normalized spacial score (nSPS) is 10.7. The van der Waals surface area contributed by atoms with Gasteiger partial charge in [-0.05, 0) is 24.4 Å². The number of ether oxygens (including phenoxy) is 3. The second kappa shape index (κ2) is 10.7. The monoisotopic (exact) mass is 428 g/mol. The lowest BCUT2D eigenvalue weighted by atomic mass is 10.1. The van der Waals surface area contributed by atoms with Crippen LogP contribution in [0.15, 0.2) is 41.8 Å². The molecule has 0 fully saturated rings. The van der Waals surface area contributed by atoms with E-state index in [4.69, 9.17) is 14.2 Å². The fourth-order valence-corrected chi connectivity index (χ4v) is 3.69. The molecule has 0 saturated heterocycles. The Morgan fingerprint density at radius 1 is 1.17 bits per heavy atom. The van der Waals surface area contributed by atoms with Crippen LogP contribution in [0.2, 0.25) is 0 Å². The van der Waals surface area contributed by atoms with Crippen LogP contribution in [0.25, 0.3) is 21.3 Å². The molecule has 8 heteroatoms. The fraction of sp³-hybridized carbons (Fsp3) is 0.318. The number of nitrogens with one attached hydrogen (secondary N) is 1. The van der Waals surface area contributed by atoms with Gasteiger partial charge in [-0.15, -0.1) is 11.3 Å². The Kier molecular flexibility index (Phi) is 7.75. The standard InChI is InChI=1S/C22H24N2O5S/c1-3-28-21(26)13-23-20(25)12-17-14-30-22(24-17)16-8-7-15-5-4-6-19(18(15)11-16)29-10-9-27-2/h4-8,11,14H,3,9-10,12-13H2,1-2H3,(H,23,25). The molecule has 0 spiro atoms. The third kappa shape index (κ3) is 5.77. The number of aromatic nitrogens is 1. The summed E-state index contributed by atoms with van der Waals surface area (Å²) >= 11 is 1.47. The largest absolute Gasteiger partial charge is 0.491 e. The predicted molar refractivity (Wildman–Crippen MR) is 116 cm³/mol. The molecule has 0 aliphatic heterocycles. The number of carbonyl (C=O) groups excluding carboxylic acids is 2.